The summed E-state index contributed by atoms with van der Waals surface area (Å²) >= 11 is 0. The fraction of sp³-hybridized carbons (Fsp3) is 0.429. The number of hydrogen-bond acceptors (Lipinski definition) is 3. The van der Waals surface area contributed by atoms with Crippen LogP contribution in [0.4, 0.5) is 0 Å². The number of ether oxygens (including phenoxy) is 1. The lowest BCUT2D eigenvalue weighted by atomic mass is 10.1. The molecule has 2 aromatic carbocycles. The van der Waals surface area contributed by atoms with Gasteiger partial charge in [-0.1, -0.05) is 56.3 Å². The van der Waals surface area contributed by atoms with E-state index in [-0.39, 0.29) is 0 Å². The van der Waals surface area contributed by atoms with Gasteiger partial charge in [0.2, 0.25) is 0 Å². The Bertz CT molecular complexity index is 963. The first-order chi connectivity index (χ1) is 15.4. The van der Waals surface area contributed by atoms with Crippen molar-refractivity contribution in [2.45, 2.75) is 53.3 Å². The second-order valence-electron chi connectivity index (χ2n) is 9.20. The van der Waals surface area contributed by atoms with E-state index in [2.05, 4.69) is 72.8 Å². The van der Waals surface area contributed by atoms with Crippen molar-refractivity contribution in [2.24, 2.45) is 5.92 Å². The highest BCUT2D eigenvalue weighted by molar-refractivity contribution is 5.31. The van der Waals surface area contributed by atoms with Gasteiger partial charge >= 0.3 is 0 Å². The fourth-order valence-corrected chi connectivity index (χ4v) is 3.88. The number of aryl methyl sites for hydroxylation is 2. The van der Waals surface area contributed by atoms with Crippen LogP contribution in [0.15, 0.2) is 66.9 Å². The number of aliphatic hydroxyl groups is 1. The number of hydrogen-bond donors (Lipinski definition) is 1. The lowest BCUT2D eigenvalue weighted by molar-refractivity contribution is 0.0629. The lowest BCUT2D eigenvalue weighted by Gasteiger charge is -2.27. The summed E-state index contributed by atoms with van der Waals surface area (Å²) in [5.41, 5.74) is 5.01. The molecule has 1 unspecified atom stereocenters. The van der Waals surface area contributed by atoms with Crippen molar-refractivity contribution >= 4 is 0 Å². The molecule has 1 heterocycles. The van der Waals surface area contributed by atoms with Crippen LogP contribution in [0.1, 0.15) is 42.7 Å². The average molecular weight is 435 g/mol. The van der Waals surface area contributed by atoms with Crippen molar-refractivity contribution in [2.75, 3.05) is 19.7 Å². The Morgan fingerprint density at radius 2 is 1.66 bits per heavy atom. The van der Waals surface area contributed by atoms with Crippen molar-refractivity contribution in [3.63, 3.8) is 0 Å². The van der Waals surface area contributed by atoms with Crippen molar-refractivity contribution < 1.29 is 9.84 Å². The van der Waals surface area contributed by atoms with Crippen LogP contribution in [0, 0.1) is 19.8 Å². The first-order valence-corrected chi connectivity index (χ1v) is 11.7. The van der Waals surface area contributed by atoms with Crippen LogP contribution in [0.25, 0.3) is 0 Å². The number of rotatable bonds is 12. The number of para-hydroxylation sites is 1. The molecule has 0 bridgehead atoms. The van der Waals surface area contributed by atoms with Crippen LogP contribution in [0.3, 0.4) is 0 Å². The van der Waals surface area contributed by atoms with Gasteiger partial charge in [0, 0.05) is 31.5 Å². The summed E-state index contributed by atoms with van der Waals surface area (Å²) in [6.45, 7) is 12.2. The van der Waals surface area contributed by atoms with Crippen LogP contribution in [-0.4, -0.2) is 40.4 Å². The monoisotopic (exact) mass is 434 g/mol. The van der Waals surface area contributed by atoms with Crippen molar-refractivity contribution in [1.82, 2.24) is 9.47 Å². The van der Waals surface area contributed by atoms with E-state index in [9.17, 15) is 5.11 Å². The summed E-state index contributed by atoms with van der Waals surface area (Å²) in [4.78, 5) is 2.36. The van der Waals surface area contributed by atoms with Crippen LogP contribution >= 0.6 is 0 Å². The molecule has 0 radical (unpaired) electrons. The second kappa shape index (κ2) is 11.9. The quantitative estimate of drug-likeness (QED) is 0.412. The maximum Gasteiger partial charge on any atom is 0.122 e. The Labute approximate surface area is 193 Å². The lowest BCUT2D eigenvalue weighted by Crippen LogP contribution is -2.36. The van der Waals surface area contributed by atoms with Crippen molar-refractivity contribution in [3.05, 3.63) is 89.2 Å². The summed E-state index contributed by atoms with van der Waals surface area (Å²) in [6.07, 6.45) is 2.71. The summed E-state index contributed by atoms with van der Waals surface area (Å²) in [7, 11) is 0. The molecule has 4 nitrogen and oxygen atoms in total. The van der Waals surface area contributed by atoms with Crippen molar-refractivity contribution in [3.8, 4) is 5.75 Å². The largest absolute Gasteiger partial charge is 0.491 e. The average Bonchev–Trinajstić information content (AvgIpc) is 3.19. The Hall–Kier alpha value is -2.56. The molecule has 3 aromatic rings. The molecular weight excluding hydrogens is 396 g/mol. The maximum atomic E-state index is 10.7. The maximum absolute atomic E-state index is 10.7. The van der Waals surface area contributed by atoms with Gasteiger partial charge in [-0.05, 0) is 67.6 Å². The van der Waals surface area contributed by atoms with Gasteiger partial charge in [-0.3, -0.25) is 4.90 Å². The van der Waals surface area contributed by atoms with Gasteiger partial charge in [0.15, 0.2) is 0 Å². The number of aromatic nitrogens is 1. The third-order valence-corrected chi connectivity index (χ3v) is 5.93. The smallest absolute Gasteiger partial charge is 0.122 e. The zero-order valence-corrected chi connectivity index (χ0v) is 20.0. The minimum atomic E-state index is -0.540. The molecule has 4 heteroatoms. The summed E-state index contributed by atoms with van der Waals surface area (Å²) in [6, 6.07) is 20.8. The molecule has 0 saturated carbocycles. The zero-order valence-electron chi connectivity index (χ0n) is 20.0. The predicted octanol–water partition coefficient (Wildman–Crippen LogP) is 5.44. The third kappa shape index (κ3) is 7.25. The summed E-state index contributed by atoms with van der Waals surface area (Å²) in [5, 5.41) is 10.7. The molecule has 0 saturated heterocycles. The van der Waals surface area contributed by atoms with Gasteiger partial charge in [0.1, 0.15) is 18.5 Å². The van der Waals surface area contributed by atoms with Gasteiger partial charge < -0.3 is 14.4 Å². The first kappa shape index (κ1) is 24.1. The highest BCUT2D eigenvalue weighted by atomic mass is 16.5. The molecule has 172 valence electrons. The van der Waals surface area contributed by atoms with Crippen molar-refractivity contribution in [1.29, 1.82) is 0 Å². The SMILES string of the molecule is Cc1ccccc1Cn1cccc1CN(CCC(C)C)CC(O)COc1ccccc1C. The molecule has 0 spiro atoms. The highest BCUT2D eigenvalue weighted by Gasteiger charge is 2.16. The number of nitrogens with zero attached hydrogens (tertiary/aromatic N) is 2. The van der Waals surface area contributed by atoms with E-state index < -0.39 is 6.10 Å². The van der Waals surface area contributed by atoms with Gasteiger partial charge in [0.25, 0.3) is 0 Å². The molecule has 32 heavy (non-hydrogen) atoms. The van der Waals surface area contributed by atoms with Gasteiger partial charge in [-0.2, -0.15) is 0 Å². The van der Waals surface area contributed by atoms with E-state index in [1.54, 1.807) is 0 Å². The van der Waals surface area contributed by atoms with E-state index in [4.69, 9.17) is 4.74 Å². The Kier molecular flexibility index (Phi) is 8.95. The number of benzene rings is 2. The molecule has 3 rings (SSSR count). The van der Waals surface area contributed by atoms with Crippen LogP contribution in [-0.2, 0) is 13.1 Å². The minimum Gasteiger partial charge on any atom is -0.491 e. The molecule has 0 aliphatic carbocycles. The van der Waals surface area contributed by atoms with Gasteiger partial charge in [-0.15, -0.1) is 0 Å². The van der Waals surface area contributed by atoms with E-state index in [0.29, 0.717) is 19.1 Å². The van der Waals surface area contributed by atoms with Crippen LogP contribution in [0.5, 0.6) is 5.75 Å². The van der Waals surface area contributed by atoms with E-state index in [1.807, 2.05) is 31.2 Å². The van der Waals surface area contributed by atoms with E-state index in [0.717, 1.165) is 37.4 Å². The Balaban J connectivity index is 1.64. The van der Waals surface area contributed by atoms with E-state index in [1.165, 1.54) is 16.8 Å². The fourth-order valence-electron chi connectivity index (χ4n) is 3.88. The Morgan fingerprint density at radius 3 is 2.38 bits per heavy atom. The van der Waals surface area contributed by atoms with Gasteiger partial charge in [-0.25, -0.2) is 0 Å². The topological polar surface area (TPSA) is 37.6 Å². The van der Waals surface area contributed by atoms with E-state index >= 15 is 0 Å². The summed E-state index contributed by atoms with van der Waals surface area (Å²) < 4.78 is 8.21. The number of aliphatic hydroxyl groups excluding tert-OH is 1. The highest BCUT2D eigenvalue weighted by Crippen LogP contribution is 2.17. The normalized spacial score (nSPS) is 12.5. The van der Waals surface area contributed by atoms with Crippen LogP contribution in [0.2, 0.25) is 0 Å². The molecule has 0 fully saturated rings. The molecular formula is C28H38N2O2. The molecule has 1 atom stereocenters. The molecule has 0 aliphatic rings. The first-order valence-electron chi connectivity index (χ1n) is 11.7. The van der Waals surface area contributed by atoms with Gasteiger partial charge in [0.05, 0.1) is 0 Å². The minimum absolute atomic E-state index is 0.299. The second-order valence-corrected chi connectivity index (χ2v) is 9.20. The summed E-state index contributed by atoms with van der Waals surface area (Å²) in [5.74, 6) is 1.46. The molecule has 1 aromatic heterocycles. The van der Waals surface area contributed by atoms with Crippen LogP contribution < -0.4 is 4.74 Å². The zero-order chi connectivity index (χ0) is 22.9. The molecule has 1 N–H and O–H groups in total. The predicted molar refractivity (Wildman–Crippen MR) is 132 cm³/mol. The standard InChI is InChI=1S/C28H38N2O2/c1-22(2)15-17-29(20-27(31)21-32-28-14-8-6-11-24(28)4)19-26-13-9-16-30(26)18-25-12-7-5-10-23(25)3/h5-14,16,22,27,31H,15,17-21H2,1-4H3. The molecule has 0 aliphatic heterocycles. The third-order valence-electron chi connectivity index (χ3n) is 5.93. The Morgan fingerprint density at radius 1 is 0.938 bits per heavy atom. The molecule has 0 amide bonds.